The smallest absolute Gasteiger partial charge is 0.346 e. The molecule has 1 heterocycles. The van der Waals surface area contributed by atoms with Crippen molar-refractivity contribution in [2.24, 2.45) is 5.10 Å². The molecule has 0 saturated carbocycles. The molecule has 8 heteroatoms. The molecule has 21 heavy (non-hydrogen) atoms. The molecule has 0 aliphatic carbocycles. The van der Waals surface area contributed by atoms with E-state index < -0.39 is 10.9 Å². The molecule has 0 bridgehead atoms. The van der Waals surface area contributed by atoms with Gasteiger partial charge in [-0.2, -0.15) is 5.10 Å². The van der Waals surface area contributed by atoms with Gasteiger partial charge in [-0.1, -0.05) is 30.3 Å². The zero-order valence-corrected chi connectivity index (χ0v) is 11.8. The van der Waals surface area contributed by atoms with Crippen molar-refractivity contribution in [3.63, 3.8) is 0 Å². The first-order valence-electron chi connectivity index (χ1n) is 5.86. The van der Waals surface area contributed by atoms with Crippen LogP contribution in [-0.4, -0.2) is 21.7 Å². The van der Waals surface area contributed by atoms with Crippen LogP contribution in [-0.2, 0) is 0 Å². The standard InChI is InChI=1S/C13H11N3O4S/c1-8(9-5-3-2-4-6-9)14-15-12-10(16(19)20)7-11(21-12)13(17)18/h2-7,15H,1H3,(H,17,18)/b14-8-. The zero-order chi connectivity index (χ0) is 15.4. The van der Waals surface area contributed by atoms with Crippen LogP contribution in [0.2, 0.25) is 0 Å². The van der Waals surface area contributed by atoms with Crippen LogP contribution in [0.4, 0.5) is 10.7 Å². The SMILES string of the molecule is C/C(=N/Nc1sc(C(=O)O)cc1[N+](=O)[O-])c1ccccc1. The van der Waals surface area contributed by atoms with Crippen LogP contribution in [0, 0.1) is 10.1 Å². The lowest BCUT2D eigenvalue weighted by Crippen LogP contribution is -1.99. The highest BCUT2D eigenvalue weighted by Gasteiger charge is 2.22. The first-order chi connectivity index (χ1) is 9.99. The number of thiophene rings is 1. The fourth-order valence-corrected chi connectivity index (χ4v) is 2.39. The molecule has 108 valence electrons. The Bertz CT molecular complexity index is 709. The van der Waals surface area contributed by atoms with E-state index in [1.165, 1.54) is 0 Å². The Morgan fingerprint density at radius 2 is 2.05 bits per heavy atom. The van der Waals surface area contributed by atoms with Crippen molar-refractivity contribution >= 4 is 33.7 Å². The third-order valence-corrected chi connectivity index (χ3v) is 3.65. The summed E-state index contributed by atoms with van der Waals surface area (Å²) >= 11 is 0.774. The summed E-state index contributed by atoms with van der Waals surface area (Å²) in [6.45, 7) is 1.75. The number of benzene rings is 1. The molecule has 0 radical (unpaired) electrons. The largest absolute Gasteiger partial charge is 0.477 e. The van der Waals surface area contributed by atoms with Crippen molar-refractivity contribution in [3.05, 3.63) is 57.0 Å². The highest BCUT2D eigenvalue weighted by Crippen LogP contribution is 2.34. The average molecular weight is 305 g/mol. The Morgan fingerprint density at radius 1 is 1.38 bits per heavy atom. The first kappa shape index (κ1) is 14.7. The van der Waals surface area contributed by atoms with Gasteiger partial charge in [0, 0.05) is 6.07 Å². The Balaban J connectivity index is 2.27. The lowest BCUT2D eigenvalue weighted by molar-refractivity contribution is -0.383. The second kappa shape index (κ2) is 6.14. The van der Waals surface area contributed by atoms with E-state index in [2.05, 4.69) is 10.5 Å². The molecule has 0 amide bonds. The quantitative estimate of drug-likeness (QED) is 0.501. The number of aromatic carboxylic acids is 1. The van der Waals surface area contributed by atoms with E-state index in [0.717, 1.165) is 23.0 Å². The van der Waals surface area contributed by atoms with Crippen molar-refractivity contribution in [2.75, 3.05) is 5.43 Å². The highest BCUT2D eigenvalue weighted by atomic mass is 32.1. The third-order valence-electron chi connectivity index (χ3n) is 2.64. The van der Waals surface area contributed by atoms with E-state index in [0.29, 0.717) is 5.71 Å². The maximum absolute atomic E-state index is 10.9. The fourth-order valence-electron chi connectivity index (χ4n) is 1.58. The predicted octanol–water partition coefficient (Wildman–Crippen LogP) is 3.19. The molecule has 1 aromatic carbocycles. The Hall–Kier alpha value is -2.74. The summed E-state index contributed by atoms with van der Waals surface area (Å²) in [6.07, 6.45) is 0. The number of carboxylic acid groups (broad SMARTS) is 1. The summed E-state index contributed by atoms with van der Waals surface area (Å²) in [5, 5.41) is 23.9. The summed E-state index contributed by atoms with van der Waals surface area (Å²) in [6, 6.07) is 10.3. The number of hydrogen-bond acceptors (Lipinski definition) is 6. The van der Waals surface area contributed by atoms with Crippen LogP contribution in [0.15, 0.2) is 41.5 Å². The van der Waals surface area contributed by atoms with Gasteiger partial charge in [0.1, 0.15) is 4.88 Å². The van der Waals surface area contributed by atoms with E-state index in [9.17, 15) is 14.9 Å². The number of nitrogens with zero attached hydrogens (tertiary/aromatic N) is 2. The molecule has 0 unspecified atom stereocenters. The van der Waals surface area contributed by atoms with Gasteiger partial charge < -0.3 is 5.11 Å². The molecule has 0 saturated heterocycles. The van der Waals surface area contributed by atoms with Crippen LogP contribution >= 0.6 is 11.3 Å². The molecular weight excluding hydrogens is 294 g/mol. The second-order valence-corrected chi connectivity index (χ2v) is 5.11. The summed E-state index contributed by atoms with van der Waals surface area (Å²) in [5.74, 6) is -1.21. The van der Waals surface area contributed by atoms with Crippen molar-refractivity contribution in [2.45, 2.75) is 6.92 Å². The van der Waals surface area contributed by atoms with Crippen LogP contribution in [0.25, 0.3) is 0 Å². The molecule has 0 aliphatic heterocycles. The van der Waals surface area contributed by atoms with Crippen molar-refractivity contribution in [1.29, 1.82) is 0 Å². The van der Waals surface area contributed by atoms with Crippen LogP contribution in [0.1, 0.15) is 22.2 Å². The number of hydrazone groups is 1. The number of nitrogens with one attached hydrogen (secondary N) is 1. The lowest BCUT2D eigenvalue weighted by atomic mass is 10.1. The zero-order valence-electron chi connectivity index (χ0n) is 10.9. The second-order valence-electron chi connectivity index (χ2n) is 4.06. The third kappa shape index (κ3) is 3.42. The van der Waals surface area contributed by atoms with Gasteiger partial charge in [0.15, 0.2) is 5.00 Å². The molecule has 2 rings (SSSR count). The van der Waals surface area contributed by atoms with Gasteiger partial charge in [-0.25, -0.2) is 4.79 Å². The minimum Gasteiger partial charge on any atom is -0.477 e. The Kier molecular flexibility index (Phi) is 4.29. The number of hydrogen-bond donors (Lipinski definition) is 2. The van der Waals surface area contributed by atoms with E-state index in [1.807, 2.05) is 30.3 Å². The van der Waals surface area contributed by atoms with Crippen molar-refractivity contribution < 1.29 is 14.8 Å². The van der Waals surface area contributed by atoms with Gasteiger partial charge >= 0.3 is 11.7 Å². The van der Waals surface area contributed by atoms with E-state index in [4.69, 9.17) is 5.11 Å². The predicted molar refractivity (Wildman–Crippen MR) is 80.2 cm³/mol. The number of anilines is 1. The molecule has 7 nitrogen and oxygen atoms in total. The number of nitro groups is 1. The summed E-state index contributed by atoms with van der Waals surface area (Å²) in [5.41, 5.74) is 3.76. The number of carboxylic acids is 1. The average Bonchev–Trinajstić information content (AvgIpc) is 2.90. The Labute approximate surface area is 123 Å². The molecule has 2 aromatic rings. The maximum Gasteiger partial charge on any atom is 0.346 e. The molecule has 1 aromatic heterocycles. The van der Waals surface area contributed by atoms with Crippen molar-refractivity contribution in [1.82, 2.24) is 0 Å². The molecule has 0 aliphatic rings. The normalized spacial score (nSPS) is 11.2. The Morgan fingerprint density at radius 3 is 2.62 bits per heavy atom. The van der Waals surface area contributed by atoms with Crippen LogP contribution < -0.4 is 5.43 Å². The monoisotopic (exact) mass is 305 g/mol. The van der Waals surface area contributed by atoms with Gasteiger partial charge in [-0.05, 0) is 12.5 Å². The summed E-state index contributed by atoms with van der Waals surface area (Å²) in [7, 11) is 0. The van der Waals surface area contributed by atoms with Gasteiger partial charge in [0.25, 0.3) is 0 Å². The van der Waals surface area contributed by atoms with Crippen LogP contribution in [0.3, 0.4) is 0 Å². The first-order valence-corrected chi connectivity index (χ1v) is 6.68. The molecule has 2 N–H and O–H groups in total. The maximum atomic E-state index is 10.9. The molecule has 0 fully saturated rings. The van der Waals surface area contributed by atoms with E-state index in [-0.39, 0.29) is 15.6 Å². The fraction of sp³-hybridized carbons (Fsp3) is 0.0769. The number of carbonyl (C=O) groups is 1. The highest BCUT2D eigenvalue weighted by molar-refractivity contribution is 7.18. The molecule has 0 atom stereocenters. The van der Waals surface area contributed by atoms with Gasteiger partial charge in [0.05, 0.1) is 10.6 Å². The molecule has 0 spiro atoms. The van der Waals surface area contributed by atoms with Crippen LogP contribution in [0.5, 0.6) is 0 Å². The molecular formula is C13H11N3O4S. The topological polar surface area (TPSA) is 105 Å². The summed E-state index contributed by atoms with van der Waals surface area (Å²) < 4.78 is 0. The minimum atomic E-state index is -1.21. The van der Waals surface area contributed by atoms with Gasteiger partial charge in [-0.15, -0.1) is 11.3 Å². The van der Waals surface area contributed by atoms with E-state index in [1.54, 1.807) is 6.92 Å². The van der Waals surface area contributed by atoms with Gasteiger partial charge in [-0.3, -0.25) is 15.5 Å². The van der Waals surface area contributed by atoms with Gasteiger partial charge in [0.2, 0.25) is 0 Å². The summed E-state index contributed by atoms with van der Waals surface area (Å²) in [4.78, 5) is 21.0. The van der Waals surface area contributed by atoms with E-state index >= 15 is 0 Å². The minimum absolute atomic E-state index is 0.0904. The number of rotatable bonds is 5. The van der Waals surface area contributed by atoms with Crippen molar-refractivity contribution in [3.8, 4) is 0 Å². The lowest BCUT2D eigenvalue weighted by Gasteiger charge is -2.01.